The third-order valence-electron chi connectivity index (χ3n) is 3.30. The van der Waals surface area contributed by atoms with Crippen LogP contribution in [0.2, 0.25) is 0 Å². The minimum atomic E-state index is 0.869. The summed E-state index contributed by atoms with van der Waals surface area (Å²) in [5, 5.41) is 3.60. The monoisotopic (exact) mass is 139 g/mol. The molecule has 0 radical (unpaired) electrons. The second-order valence-electron chi connectivity index (χ2n) is 3.99. The van der Waals surface area contributed by atoms with Crippen molar-refractivity contribution in [3.05, 3.63) is 0 Å². The van der Waals surface area contributed by atoms with Crippen LogP contribution < -0.4 is 5.32 Å². The molecule has 3 rings (SSSR count). The zero-order valence-electron chi connectivity index (χ0n) is 6.77. The van der Waals surface area contributed by atoms with Gasteiger partial charge in [0.1, 0.15) is 0 Å². The normalized spacial score (nSPS) is 47.1. The van der Waals surface area contributed by atoms with Crippen molar-refractivity contribution >= 4 is 0 Å². The summed E-state index contributed by atoms with van der Waals surface area (Å²) in [6.07, 6.45) is 5.79. The molecule has 2 aliphatic heterocycles. The molecule has 0 amide bonds. The molecule has 2 saturated heterocycles. The summed E-state index contributed by atoms with van der Waals surface area (Å²) in [5.74, 6) is 2.04. The first-order chi connectivity index (χ1) is 4.86. The predicted octanol–water partition coefficient (Wildman–Crippen LogP) is 1.78. The Morgan fingerprint density at radius 2 is 2.10 bits per heavy atom. The fourth-order valence-corrected chi connectivity index (χ4v) is 2.55. The van der Waals surface area contributed by atoms with Crippen molar-refractivity contribution in [2.24, 2.45) is 11.8 Å². The Morgan fingerprint density at radius 3 is 2.90 bits per heavy atom. The quantitative estimate of drug-likeness (QED) is 0.539. The summed E-state index contributed by atoms with van der Waals surface area (Å²) in [6, 6.07) is 0.869. The van der Waals surface area contributed by atoms with Gasteiger partial charge in [-0.2, -0.15) is 0 Å². The summed E-state index contributed by atoms with van der Waals surface area (Å²) in [4.78, 5) is 0. The summed E-state index contributed by atoms with van der Waals surface area (Å²) >= 11 is 0. The smallest absolute Gasteiger partial charge is 0.00698 e. The van der Waals surface area contributed by atoms with E-state index in [1.165, 1.54) is 32.2 Å². The molecule has 0 aromatic heterocycles. The lowest BCUT2D eigenvalue weighted by Gasteiger charge is -2.29. The van der Waals surface area contributed by atoms with Crippen molar-refractivity contribution < 1.29 is 0 Å². The third kappa shape index (κ3) is 1.07. The number of fused-ring (bicyclic) bond motifs is 4. The van der Waals surface area contributed by atoms with Gasteiger partial charge in [0, 0.05) is 6.04 Å². The van der Waals surface area contributed by atoms with Gasteiger partial charge in [0.05, 0.1) is 0 Å². The zero-order valence-corrected chi connectivity index (χ0v) is 6.77. The highest BCUT2D eigenvalue weighted by molar-refractivity contribution is 4.85. The molecule has 1 heteroatoms. The topological polar surface area (TPSA) is 12.0 Å². The summed E-state index contributed by atoms with van der Waals surface area (Å²) in [5.41, 5.74) is 0. The fraction of sp³-hybridized carbons (Fsp3) is 1.00. The molecule has 2 bridgehead atoms. The number of hydrogen-bond acceptors (Lipinski definition) is 1. The van der Waals surface area contributed by atoms with Crippen LogP contribution in [0.25, 0.3) is 0 Å². The average molecular weight is 139 g/mol. The molecule has 3 fully saturated rings. The Kier molecular flexibility index (Phi) is 1.69. The molecule has 0 aromatic carbocycles. The van der Waals surface area contributed by atoms with Crippen LogP contribution in [0.5, 0.6) is 0 Å². The summed E-state index contributed by atoms with van der Waals surface area (Å²) < 4.78 is 0. The van der Waals surface area contributed by atoms with Crippen LogP contribution in [0.3, 0.4) is 0 Å². The Bertz CT molecular complexity index is 118. The van der Waals surface area contributed by atoms with Crippen molar-refractivity contribution in [3.8, 4) is 0 Å². The first-order valence-electron chi connectivity index (χ1n) is 4.59. The van der Waals surface area contributed by atoms with Gasteiger partial charge in [0.2, 0.25) is 0 Å². The molecule has 3 atom stereocenters. The van der Waals surface area contributed by atoms with Crippen LogP contribution in [-0.2, 0) is 0 Å². The van der Waals surface area contributed by atoms with Crippen molar-refractivity contribution in [1.82, 2.24) is 5.32 Å². The van der Waals surface area contributed by atoms with Crippen LogP contribution in [0.15, 0.2) is 0 Å². The minimum absolute atomic E-state index is 0.869. The maximum atomic E-state index is 3.60. The molecule has 1 nitrogen and oxygen atoms in total. The second-order valence-corrected chi connectivity index (χ2v) is 3.99. The molecule has 58 valence electrons. The summed E-state index contributed by atoms with van der Waals surface area (Å²) in [7, 11) is 0. The lowest BCUT2D eigenvalue weighted by atomic mass is 9.78. The molecule has 1 aliphatic carbocycles. The Labute approximate surface area is 63.2 Å². The number of nitrogens with one attached hydrogen (secondary N) is 1. The van der Waals surface area contributed by atoms with Crippen LogP contribution in [0.4, 0.5) is 0 Å². The lowest BCUT2D eigenvalue weighted by Crippen LogP contribution is -2.30. The van der Waals surface area contributed by atoms with Crippen LogP contribution in [-0.4, -0.2) is 12.6 Å². The molecule has 2 heterocycles. The number of rotatable bonds is 0. The molecule has 3 aliphatic rings. The maximum absolute atomic E-state index is 3.60. The third-order valence-corrected chi connectivity index (χ3v) is 3.30. The minimum Gasteiger partial charge on any atom is -0.314 e. The molecule has 1 N–H and O–H groups in total. The SMILES string of the molecule is CC1CC2CCC1CCN2. The molecule has 10 heavy (non-hydrogen) atoms. The van der Waals surface area contributed by atoms with Crippen molar-refractivity contribution in [2.45, 2.75) is 38.6 Å². The van der Waals surface area contributed by atoms with Crippen molar-refractivity contribution in [2.75, 3.05) is 6.54 Å². The standard InChI is InChI=1S/C9H17N/c1-7-6-9-3-2-8(7)4-5-10-9/h7-10H,2-6H2,1H3. The first kappa shape index (κ1) is 6.66. The van der Waals surface area contributed by atoms with E-state index in [1.807, 2.05) is 0 Å². The first-order valence-corrected chi connectivity index (χ1v) is 4.59. The molecular formula is C9H17N. The van der Waals surface area contributed by atoms with Gasteiger partial charge in [-0.25, -0.2) is 0 Å². The van der Waals surface area contributed by atoms with Gasteiger partial charge in [0.25, 0.3) is 0 Å². The van der Waals surface area contributed by atoms with Gasteiger partial charge in [0.15, 0.2) is 0 Å². The largest absolute Gasteiger partial charge is 0.314 e. The Balaban J connectivity index is 2.07. The van der Waals surface area contributed by atoms with E-state index in [-0.39, 0.29) is 0 Å². The van der Waals surface area contributed by atoms with E-state index in [0.717, 1.165) is 17.9 Å². The zero-order chi connectivity index (χ0) is 6.97. The van der Waals surface area contributed by atoms with Gasteiger partial charge in [-0.1, -0.05) is 6.92 Å². The van der Waals surface area contributed by atoms with E-state index in [4.69, 9.17) is 0 Å². The lowest BCUT2D eigenvalue weighted by molar-refractivity contribution is 0.248. The van der Waals surface area contributed by atoms with Crippen LogP contribution in [0, 0.1) is 11.8 Å². The molecular weight excluding hydrogens is 122 g/mol. The predicted molar refractivity (Wildman–Crippen MR) is 42.9 cm³/mol. The van der Waals surface area contributed by atoms with E-state index in [2.05, 4.69) is 12.2 Å². The molecule has 0 spiro atoms. The van der Waals surface area contributed by atoms with Crippen molar-refractivity contribution in [3.63, 3.8) is 0 Å². The van der Waals surface area contributed by atoms with E-state index in [0.29, 0.717) is 0 Å². The Morgan fingerprint density at radius 1 is 1.20 bits per heavy atom. The molecule has 0 aromatic rings. The van der Waals surface area contributed by atoms with E-state index >= 15 is 0 Å². The van der Waals surface area contributed by atoms with Crippen LogP contribution in [0.1, 0.15) is 32.6 Å². The fourth-order valence-electron chi connectivity index (χ4n) is 2.55. The van der Waals surface area contributed by atoms with Gasteiger partial charge in [-0.3, -0.25) is 0 Å². The number of hydrogen-bond donors (Lipinski definition) is 1. The maximum Gasteiger partial charge on any atom is 0.00698 e. The Hall–Kier alpha value is -0.0400. The van der Waals surface area contributed by atoms with E-state index < -0.39 is 0 Å². The molecule has 1 saturated carbocycles. The average Bonchev–Trinajstić information content (AvgIpc) is 2.20. The second kappa shape index (κ2) is 2.54. The van der Waals surface area contributed by atoms with Gasteiger partial charge < -0.3 is 5.32 Å². The van der Waals surface area contributed by atoms with Crippen LogP contribution >= 0.6 is 0 Å². The van der Waals surface area contributed by atoms with E-state index in [1.54, 1.807) is 0 Å². The van der Waals surface area contributed by atoms with E-state index in [9.17, 15) is 0 Å². The highest BCUT2D eigenvalue weighted by atomic mass is 14.9. The highest BCUT2D eigenvalue weighted by Gasteiger charge is 2.29. The van der Waals surface area contributed by atoms with Crippen molar-refractivity contribution in [1.29, 1.82) is 0 Å². The van der Waals surface area contributed by atoms with Gasteiger partial charge in [-0.15, -0.1) is 0 Å². The summed E-state index contributed by atoms with van der Waals surface area (Å²) in [6.45, 7) is 3.70. The van der Waals surface area contributed by atoms with Gasteiger partial charge in [-0.05, 0) is 44.1 Å². The van der Waals surface area contributed by atoms with Gasteiger partial charge >= 0.3 is 0 Å². The molecule has 3 unspecified atom stereocenters. The highest BCUT2D eigenvalue weighted by Crippen LogP contribution is 2.34.